The molecule has 1 aromatic carbocycles. The molecule has 0 bridgehead atoms. The smallest absolute Gasteiger partial charge is 0.399 e. The monoisotopic (exact) mass is 409 g/mol. The van der Waals surface area contributed by atoms with Crippen molar-refractivity contribution in [2.24, 2.45) is 5.92 Å². The highest BCUT2D eigenvalue weighted by Crippen LogP contribution is 2.55. The van der Waals surface area contributed by atoms with E-state index in [1.165, 1.54) is 0 Å². The molecule has 1 N–H and O–H groups in total. The Morgan fingerprint density at radius 2 is 1.80 bits per heavy atom. The van der Waals surface area contributed by atoms with Crippen molar-refractivity contribution >= 4 is 42.4 Å². The standard InChI is InChI=1S/C17H20Cl2F3NOSi/c1-9-5-6-10-11-7-12(18)13(19)8-14(11)23-15(10)16(9,17(20,21)22)24-25(2,3)4/h7-9,23H,5-6H2,1-4H3. The minimum absolute atomic E-state index is 0.106. The number of benzene rings is 1. The normalized spacial score (nSPS) is 24.6. The zero-order chi connectivity index (χ0) is 18.8. The van der Waals surface area contributed by atoms with Gasteiger partial charge in [0.05, 0.1) is 15.7 Å². The van der Waals surface area contributed by atoms with Crippen LogP contribution < -0.4 is 0 Å². The van der Waals surface area contributed by atoms with E-state index in [1.807, 2.05) is 0 Å². The van der Waals surface area contributed by atoms with Gasteiger partial charge in [-0.1, -0.05) is 30.1 Å². The lowest BCUT2D eigenvalue weighted by atomic mass is 9.75. The van der Waals surface area contributed by atoms with Gasteiger partial charge in [-0.25, -0.2) is 0 Å². The van der Waals surface area contributed by atoms with E-state index in [0.29, 0.717) is 39.4 Å². The van der Waals surface area contributed by atoms with Crippen molar-refractivity contribution in [3.8, 4) is 0 Å². The Morgan fingerprint density at radius 3 is 2.36 bits per heavy atom. The summed E-state index contributed by atoms with van der Waals surface area (Å²) in [7, 11) is -2.50. The van der Waals surface area contributed by atoms with Crippen molar-refractivity contribution in [2.75, 3.05) is 0 Å². The number of halogens is 5. The van der Waals surface area contributed by atoms with Gasteiger partial charge in [-0.15, -0.1) is 0 Å². The number of nitrogens with one attached hydrogen (secondary N) is 1. The molecule has 1 heterocycles. The first kappa shape index (κ1) is 19.1. The van der Waals surface area contributed by atoms with E-state index in [1.54, 1.807) is 38.7 Å². The first-order valence-electron chi connectivity index (χ1n) is 8.14. The highest BCUT2D eigenvalue weighted by molar-refractivity contribution is 6.69. The Kier molecular flexibility index (Phi) is 4.51. The number of rotatable bonds is 2. The molecule has 0 amide bonds. The van der Waals surface area contributed by atoms with E-state index >= 15 is 0 Å². The van der Waals surface area contributed by atoms with Crippen molar-refractivity contribution < 1.29 is 17.6 Å². The van der Waals surface area contributed by atoms with Crippen molar-refractivity contribution in [1.82, 2.24) is 4.98 Å². The van der Waals surface area contributed by atoms with Crippen LogP contribution in [0.1, 0.15) is 24.6 Å². The fraction of sp³-hybridized carbons (Fsp3) is 0.529. The molecule has 1 aromatic heterocycles. The molecule has 0 radical (unpaired) electrons. The van der Waals surface area contributed by atoms with Crippen molar-refractivity contribution in [1.29, 1.82) is 0 Å². The van der Waals surface area contributed by atoms with Crippen LogP contribution in [0.3, 0.4) is 0 Å². The maximum absolute atomic E-state index is 14.4. The quantitative estimate of drug-likeness (QED) is 0.550. The first-order valence-corrected chi connectivity index (χ1v) is 12.3. The number of fused-ring (bicyclic) bond motifs is 3. The van der Waals surface area contributed by atoms with Crippen molar-refractivity contribution in [3.63, 3.8) is 0 Å². The van der Waals surface area contributed by atoms with Crippen LogP contribution in [0, 0.1) is 5.92 Å². The lowest BCUT2D eigenvalue weighted by molar-refractivity contribution is -0.280. The maximum atomic E-state index is 14.4. The second-order valence-electron chi connectivity index (χ2n) is 7.68. The molecule has 0 saturated carbocycles. The van der Waals surface area contributed by atoms with Gasteiger partial charge in [-0.05, 0) is 56.1 Å². The lowest BCUT2D eigenvalue weighted by Gasteiger charge is -2.46. The summed E-state index contributed by atoms with van der Waals surface area (Å²) in [5.41, 5.74) is -1.04. The number of H-pyrrole nitrogens is 1. The van der Waals surface area contributed by atoms with E-state index in [9.17, 15) is 13.2 Å². The molecule has 25 heavy (non-hydrogen) atoms. The molecule has 0 aliphatic heterocycles. The van der Waals surface area contributed by atoms with E-state index < -0.39 is 26.0 Å². The molecule has 0 spiro atoms. The third-order valence-corrected chi connectivity index (χ3v) is 6.38. The van der Waals surface area contributed by atoms with Gasteiger partial charge >= 0.3 is 6.18 Å². The SMILES string of the molecule is CC1CCc2c([nH]c3cc(Cl)c(Cl)cc23)C1(O[Si](C)(C)C)C(F)(F)F. The van der Waals surface area contributed by atoms with Gasteiger partial charge in [0.2, 0.25) is 0 Å². The Hall–Kier alpha value is -0.693. The van der Waals surface area contributed by atoms with Crippen LogP contribution in [-0.4, -0.2) is 19.5 Å². The summed E-state index contributed by atoms with van der Waals surface area (Å²) in [6.07, 6.45) is -3.60. The van der Waals surface area contributed by atoms with Gasteiger partial charge in [0, 0.05) is 10.9 Å². The zero-order valence-electron chi connectivity index (χ0n) is 14.4. The van der Waals surface area contributed by atoms with Gasteiger partial charge in [0.1, 0.15) is 0 Å². The van der Waals surface area contributed by atoms with Gasteiger partial charge in [-0.2, -0.15) is 13.2 Å². The van der Waals surface area contributed by atoms with Gasteiger partial charge in [0.15, 0.2) is 13.9 Å². The molecule has 1 aliphatic rings. The van der Waals surface area contributed by atoms with Crippen LogP contribution in [0.15, 0.2) is 12.1 Å². The molecular formula is C17H20Cl2F3NOSi. The molecule has 0 fully saturated rings. The molecule has 0 saturated heterocycles. The van der Waals surface area contributed by atoms with Crippen LogP contribution in [0.25, 0.3) is 10.9 Å². The zero-order valence-corrected chi connectivity index (χ0v) is 17.0. The van der Waals surface area contributed by atoms with Crippen LogP contribution in [0.4, 0.5) is 13.2 Å². The molecule has 1 aliphatic carbocycles. The Balaban J connectivity index is 2.34. The van der Waals surface area contributed by atoms with Crippen LogP contribution in [-0.2, 0) is 16.4 Å². The number of hydrogen-bond acceptors (Lipinski definition) is 1. The second-order valence-corrected chi connectivity index (χ2v) is 12.9. The summed E-state index contributed by atoms with van der Waals surface area (Å²) < 4.78 is 49.0. The lowest BCUT2D eigenvalue weighted by Crippen LogP contribution is -2.56. The fourth-order valence-corrected chi connectivity index (χ4v) is 5.46. The van der Waals surface area contributed by atoms with Gasteiger partial charge in [0.25, 0.3) is 0 Å². The molecular weight excluding hydrogens is 390 g/mol. The summed E-state index contributed by atoms with van der Waals surface area (Å²) in [6, 6.07) is 3.22. The topological polar surface area (TPSA) is 25.0 Å². The predicted molar refractivity (Wildman–Crippen MR) is 98.0 cm³/mol. The number of hydrogen-bond donors (Lipinski definition) is 1. The Morgan fingerprint density at radius 1 is 1.20 bits per heavy atom. The number of aromatic amines is 1. The summed E-state index contributed by atoms with van der Waals surface area (Å²) in [6.45, 7) is 6.94. The van der Waals surface area contributed by atoms with Crippen LogP contribution >= 0.6 is 23.2 Å². The van der Waals surface area contributed by atoms with E-state index in [4.69, 9.17) is 27.6 Å². The number of alkyl halides is 3. The molecule has 2 aromatic rings. The van der Waals surface area contributed by atoms with Crippen LogP contribution in [0.2, 0.25) is 29.7 Å². The summed E-state index contributed by atoms with van der Waals surface area (Å²) in [5.74, 6) is -0.689. The van der Waals surface area contributed by atoms with E-state index in [-0.39, 0.29) is 5.69 Å². The minimum atomic E-state index is -4.53. The third kappa shape index (κ3) is 3.01. The molecule has 2 nitrogen and oxygen atoms in total. The van der Waals surface area contributed by atoms with Gasteiger partial charge in [-0.3, -0.25) is 0 Å². The Labute approximate surface area is 155 Å². The first-order chi connectivity index (χ1) is 11.4. The molecule has 8 heteroatoms. The maximum Gasteiger partial charge on any atom is 0.422 e. The molecule has 138 valence electrons. The summed E-state index contributed by atoms with van der Waals surface area (Å²) in [4.78, 5) is 2.97. The Bertz CT molecular complexity index is 828. The third-order valence-electron chi connectivity index (χ3n) is 4.73. The summed E-state index contributed by atoms with van der Waals surface area (Å²) >= 11 is 12.1. The summed E-state index contributed by atoms with van der Waals surface area (Å²) in [5, 5.41) is 1.33. The van der Waals surface area contributed by atoms with Crippen molar-refractivity contribution in [3.05, 3.63) is 33.4 Å². The highest BCUT2D eigenvalue weighted by Gasteiger charge is 2.64. The second kappa shape index (κ2) is 5.91. The van der Waals surface area contributed by atoms with E-state index in [2.05, 4.69) is 4.98 Å². The fourth-order valence-electron chi connectivity index (χ4n) is 3.75. The van der Waals surface area contributed by atoms with Crippen molar-refractivity contribution in [2.45, 2.75) is 51.2 Å². The predicted octanol–water partition coefficient (Wildman–Crippen LogP) is 6.67. The average Bonchev–Trinajstić information content (AvgIpc) is 2.78. The largest absolute Gasteiger partial charge is 0.422 e. The highest BCUT2D eigenvalue weighted by atomic mass is 35.5. The van der Waals surface area contributed by atoms with E-state index in [0.717, 1.165) is 0 Å². The molecule has 2 atom stereocenters. The molecule has 3 rings (SSSR count). The molecule has 2 unspecified atom stereocenters. The average molecular weight is 410 g/mol. The number of aryl methyl sites for hydroxylation is 1. The van der Waals surface area contributed by atoms with Gasteiger partial charge < -0.3 is 9.41 Å². The minimum Gasteiger partial charge on any atom is -0.399 e. The van der Waals surface area contributed by atoms with Crippen LogP contribution in [0.5, 0.6) is 0 Å². The number of aromatic nitrogens is 1.